The minimum absolute atomic E-state index is 0.00580. The van der Waals surface area contributed by atoms with Crippen LogP contribution < -0.4 is 10.1 Å². The van der Waals surface area contributed by atoms with Gasteiger partial charge in [0.2, 0.25) is 5.91 Å². The third-order valence-electron chi connectivity index (χ3n) is 7.81. The summed E-state index contributed by atoms with van der Waals surface area (Å²) in [6.07, 6.45) is 4.70. The lowest BCUT2D eigenvalue weighted by atomic mass is 9.52. The van der Waals surface area contributed by atoms with Crippen LogP contribution in [0, 0.1) is 0 Å². The number of likely N-dealkylation sites (tertiary alicyclic amines) is 1. The van der Waals surface area contributed by atoms with Crippen molar-refractivity contribution in [2.75, 3.05) is 20.1 Å². The van der Waals surface area contributed by atoms with Crippen molar-refractivity contribution in [2.45, 2.75) is 55.3 Å². The van der Waals surface area contributed by atoms with Crippen molar-refractivity contribution in [1.82, 2.24) is 10.2 Å². The maximum absolute atomic E-state index is 12.6. The number of amides is 1. The molecule has 35 heavy (non-hydrogen) atoms. The molecule has 1 fully saturated rings. The molecular weight excluding hydrogens is 456 g/mol. The van der Waals surface area contributed by atoms with Crippen LogP contribution in [0.3, 0.4) is 0 Å². The van der Waals surface area contributed by atoms with E-state index >= 15 is 0 Å². The smallest absolute Gasteiger partial charge is 0.328 e. The molecule has 2 aliphatic carbocycles. The van der Waals surface area contributed by atoms with E-state index in [1.807, 2.05) is 13.1 Å². The Kier molecular flexibility index (Phi) is 5.60. The number of phenols is 1. The molecule has 1 amide bonds. The zero-order chi connectivity index (χ0) is 25.0. The Morgan fingerprint density at radius 3 is 2.89 bits per heavy atom. The maximum atomic E-state index is 12.6. The Labute approximate surface area is 201 Å². The lowest BCUT2D eigenvalue weighted by Crippen LogP contribution is -2.69. The third kappa shape index (κ3) is 3.51. The maximum Gasteiger partial charge on any atom is 0.328 e. The van der Waals surface area contributed by atoms with E-state index in [-0.39, 0.29) is 31.2 Å². The number of rotatable bonds is 6. The van der Waals surface area contributed by atoms with E-state index in [0.717, 1.165) is 30.2 Å². The summed E-state index contributed by atoms with van der Waals surface area (Å²) in [6, 6.07) is 3.34. The number of hydrogen-bond acceptors (Lipinski definition) is 8. The Morgan fingerprint density at radius 2 is 2.11 bits per heavy atom. The molecule has 2 aliphatic heterocycles. The third-order valence-corrected chi connectivity index (χ3v) is 7.81. The number of likely N-dealkylation sites (N-methyl/N-ethyl adjacent to an activating group) is 1. The highest BCUT2D eigenvalue weighted by Crippen LogP contribution is 2.64. The summed E-state index contributed by atoms with van der Waals surface area (Å²) in [5, 5.41) is 33.8. The number of esters is 1. The van der Waals surface area contributed by atoms with E-state index in [9.17, 15) is 24.6 Å². The standard InChI is InChI=1S/C25H28N2O8/c1-27-12-2-9-24-21-14-3-4-15(28)22(21)35-23(24)16(7-10-25(24,33)17(27)13-14)34-20(32)8-11-26-18(29)5-6-19(30)31/h3-7,17,23,28,33H,2,8-13H2,1H3,(H,26,29)(H,30,31)/b6-5+/t17-,23+,24+,25-/m1/s1. The second-order valence-electron chi connectivity index (χ2n) is 9.64. The number of aliphatic carboxylic acids is 1. The molecule has 0 aromatic heterocycles. The Bertz CT molecular complexity index is 1160. The van der Waals surface area contributed by atoms with Gasteiger partial charge >= 0.3 is 11.9 Å². The molecule has 2 bridgehead atoms. The molecule has 10 heteroatoms. The van der Waals surface area contributed by atoms with E-state index in [1.54, 1.807) is 12.1 Å². The van der Waals surface area contributed by atoms with Crippen molar-refractivity contribution in [3.8, 4) is 11.5 Å². The molecule has 1 aromatic carbocycles. The monoisotopic (exact) mass is 484 g/mol. The first-order valence-corrected chi connectivity index (χ1v) is 11.7. The predicted octanol–water partition coefficient (Wildman–Crippen LogP) is 0.750. The molecule has 10 nitrogen and oxygen atoms in total. The van der Waals surface area contributed by atoms with Crippen LogP contribution in [0.25, 0.3) is 0 Å². The van der Waals surface area contributed by atoms with Crippen LogP contribution in [0.1, 0.15) is 36.8 Å². The average molecular weight is 485 g/mol. The number of carboxylic acids is 1. The highest BCUT2D eigenvalue weighted by molar-refractivity contribution is 5.94. The number of carboxylic acid groups (broad SMARTS) is 1. The van der Waals surface area contributed by atoms with Gasteiger partial charge in [0, 0.05) is 36.7 Å². The largest absolute Gasteiger partial charge is 0.504 e. The summed E-state index contributed by atoms with van der Waals surface area (Å²) in [4.78, 5) is 36.9. The van der Waals surface area contributed by atoms with Crippen molar-refractivity contribution in [3.05, 3.63) is 47.2 Å². The number of aromatic hydroxyl groups is 1. The molecule has 1 saturated heterocycles. The minimum atomic E-state index is -1.25. The van der Waals surface area contributed by atoms with E-state index in [1.165, 1.54) is 0 Å². The summed E-state index contributed by atoms with van der Waals surface area (Å²) < 4.78 is 12.0. The number of carbonyl (C=O) groups excluding carboxylic acids is 2. The lowest BCUT2D eigenvalue weighted by molar-refractivity contribution is -0.149. The van der Waals surface area contributed by atoms with Gasteiger partial charge in [0.15, 0.2) is 17.6 Å². The van der Waals surface area contributed by atoms with Crippen molar-refractivity contribution in [1.29, 1.82) is 0 Å². The second kappa shape index (κ2) is 8.39. The zero-order valence-electron chi connectivity index (χ0n) is 19.3. The number of carbonyl (C=O) groups is 3. The van der Waals surface area contributed by atoms with Crippen LogP contribution >= 0.6 is 0 Å². The first kappa shape index (κ1) is 23.4. The summed E-state index contributed by atoms with van der Waals surface area (Å²) in [5.74, 6) is -1.84. The van der Waals surface area contributed by atoms with E-state index < -0.39 is 35.0 Å². The number of nitrogens with one attached hydrogen (secondary N) is 1. The van der Waals surface area contributed by atoms with E-state index in [4.69, 9.17) is 14.6 Å². The van der Waals surface area contributed by atoms with Gasteiger partial charge in [-0.15, -0.1) is 0 Å². The zero-order valence-corrected chi connectivity index (χ0v) is 19.3. The molecule has 186 valence electrons. The summed E-state index contributed by atoms with van der Waals surface area (Å²) in [5.41, 5.74) is -0.177. The van der Waals surface area contributed by atoms with Crippen LogP contribution in [0.15, 0.2) is 36.1 Å². The molecule has 1 spiro atoms. The minimum Gasteiger partial charge on any atom is -0.504 e. The van der Waals surface area contributed by atoms with Crippen molar-refractivity contribution in [2.24, 2.45) is 0 Å². The highest BCUT2D eigenvalue weighted by Gasteiger charge is 2.70. The lowest BCUT2D eigenvalue weighted by Gasteiger charge is -2.56. The van der Waals surface area contributed by atoms with E-state index in [2.05, 4.69) is 10.2 Å². The first-order valence-electron chi connectivity index (χ1n) is 11.7. The SMILES string of the molecule is CN1CCC[C@]23c4c5ccc(O)c4O[C@H]2C(OC(=O)CCNC(=O)/C=C/C(=O)O)=CC[C@@]3(O)[C@H]1C5. The van der Waals surface area contributed by atoms with Gasteiger partial charge in [-0.25, -0.2) is 4.79 Å². The van der Waals surface area contributed by atoms with Crippen LogP contribution in [0.5, 0.6) is 11.5 Å². The number of phenolic OH excluding ortho intramolecular Hbond substituents is 1. The van der Waals surface area contributed by atoms with Crippen molar-refractivity contribution >= 4 is 17.8 Å². The fourth-order valence-electron chi connectivity index (χ4n) is 6.37. The van der Waals surface area contributed by atoms with Gasteiger partial charge in [-0.2, -0.15) is 0 Å². The molecule has 4 atom stereocenters. The fraction of sp³-hybridized carbons (Fsp3) is 0.480. The van der Waals surface area contributed by atoms with Gasteiger partial charge in [0.05, 0.1) is 17.4 Å². The van der Waals surface area contributed by atoms with Gasteiger partial charge in [-0.05, 0) is 50.6 Å². The van der Waals surface area contributed by atoms with Gasteiger partial charge in [0.25, 0.3) is 0 Å². The molecule has 1 aromatic rings. The fourth-order valence-corrected chi connectivity index (χ4v) is 6.37. The molecule has 4 N–H and O–H groups in total. The molecule has 0 radical (unpaired) electrons. The summed E-state index contributed by atoms with van der Waals surface area (Å²) in [6.45, 7) is 0.773. The number of nitrogens with zero attached hydrogens (tertiary/aromatic N) is 1. The molecular formula is C25H28N2O8. The van der Waals surface area contributed by atoms with Gasteiger partial charge in [0.1, 0.15) is 5.76 Å². The number of aliphatic hydroxyl groups is 1. The van der Waals surface area contributed by atoms with Crippen molar-refractivity contribution < 1.29 is 39.2 Å². The van der Waals surface area contributed by atoms with Gasteiger partial charge in [-0.1, -0.05) is 6.07 Å². The molecule has 2 heterocycles. The molecule has 4 aliphatic rings. The normalized spacial score (nSPS) is 30.6. The Balaban J connectivity index is 1.40. The van der Waals surface area contributed by atoms with Gasteiger partial charge in [-0.3, -0.25) is 9.59 Å². The van der Waals surface area contributed by atoms with Gasteiger partial charge < -0.3 is 35.0 Å². The number of hydrogen-bond donors (Lipinski definition) is 4. The molecule has 0 saturated carbocycles. The second-order valence-corrected chi connectivity index (χ2v) is 9.64. The quantitative estimate of drug-likeness (QED) is 0.339. The predicted molar refractivity (Wildman–Crippen MR) is 122 cm³/mol. The van der Waals surface area contributed by atoms with Crippen LogP contribution in [0.4, 0.5) is 0 Å². The summed E-state index contributed by atoms with van der Waals surface area (Å²) in [7, 11) is 2.01. The summed E-state index contributed by atoms with van der Waals surface area (Å²) >= 11 is 0. The Morgan fingerprint density at radius 1 is 1.31 bits per heavy atom. The van der Waals surface area contributed by atoms with Crippen LogP contribution in [0.2, 0.25) is 0 Å². The average Bonchev–Trinajstić information content (AvgIpc) is 3.15. The van der Waals surface area contributed by atoms with E-state index in [0.29, 0.717) is 30.4 Å². The van der Waals surface area contributed by atoms with Crippen LogP contribution in [-0.4, -0.2) is 75.9 Å². The first-order chi connectivity index (χ1) is 16.7. The molecule has 5 rings (SSSR count). The van der Waals surface area contributed by atoms with Crippen LogP contribution in [-0.2, 0) is 31.0 Å². The topological polar surface area (TPSA) is 146 Å². The van der Waals surface area contributed by atoms with Crippen molar-refractivity contribution in [3.63, 3.8) is 0 Å². The molecule has 0 unspecified atom stereocenters. The Hall–Kier alpha value is -3.37. The number of ether oxygens (including phenoxy) is 2. The number of benzene rings is 1. The highest BCUT2D eigenvalue weighted by atomic mass is 16.6.